The van der Waals surface area contributed by atoms with Gasteiger partial charge >= 0.3 is 32.8 Å². The zero-order chi connectivity index (χ0) is 41.5. The van der Waals surface area contributed by atoms with Crippen molar-refractivity contribution in [2.45, 2.75) is 78.4 Å². The maximum Gasteiger partial charge on any atom is 0.364 e. The van der Waals surface area contributed by atoms with Crippen LogP contribution in [0.3, 0.4) is 0 Å². The highest BCUT2D eigenvalue weighted by molar-refractivity contribution is 7.95. The van der Waals surface area contributed by atoms with E-state index in [0.717, 1.165) is 99.9 Å². The summed E-state index contributed by atoms with van der Waals surface area (Å²) in [7, 11) is 0. The molecule has 57 heavy (non-hydrogen) atoms. The number of aromatic nitrogens is 3. The first-order valence-corrected chi connectivity index (χ1v) is 21.7. The average Bonchev–Trinajstić information content (AvgIpc) is 3.11. The van der Waals surface area contributed by atoms with Gasteiger partial charge in [0.05, 0.1) is 73.0 Å². The minimum absolute atomic E-state index is 0.166. The molecule has 306 valence electrons. The van der Waals surface area contributed by atoms with Gasteiger partial charge in [0.15, 0.2) is 0 Å². The monoisotopic (exact) mass is 891 g/mol. The predicted molar refractivity (Wildman–Crippen MR) is 240 cm³/mol. The highest BCUT2D eigenvalue weighted by Crippen LogP contribution is 2.19. The van der Waals surface area contributed by atoms with E-state index >= 15 is 0 Å². The van der Waals surface area contributed by atoms with Crippen molar-refractivity contribution in [3.63, 3.8) is 0 Å². The molecular formula is C39H45N3O9S6. The number of rotatable bonds is 18. The third-order valence-corrected chi connectivity index (χ3v) is 11.0. The maximum atomic E-state index is 13.5. The van der Waals surface area contributed by atoms with E-state index in [2.05, 4.69) is 54.6 Å². The largest absolute Gasteiger partial charge is 0.454 e. The van der Waals surface area contributed by atoms with Gasteiger partial charge in [-0.2, -0.15) is 0 Å². The first-order valence-electron chi connectivity index (χ1n) is 17.7. The lowest BCUT2D eigenvalue weighted by atomic mass is 10.1. The second-order valence-corrected chi connectivity index (χ2v) is 16.2. The van der Waals surface area contributed by atoms with Gasteiger partial charge in [0, 0.05) is 36.7 Å². The predicted octanol–water partition coefficient (Wildman–Crippen LogP) is 7.52. The molecule has 0 aliphatic rings. The number of hydrogen-bond acceptors (Lipinski definition) is 15. The van der Waals surface area contributed by atoms with Crippen molar-refractivity contribution in [3.05, 3.63) is 136 Å². The Hall–Kier alpha value is -3.81. The number of aryl methyl sites for hydroxylation is 6. The molecule has 0 N–H and O–H groups in total. The Morgan fingerprint density at radius 3 is 0.895 bits per heavy atom. The van der Waals surface area contributed by atoms with E-state index in [0.29, 0.717) is 17.3 Å². The molecule has 0 aliphatic heterocycles. The van der Waals surface area contributed by atoms with Crippen molar-refractivity contribution in [3.8, 4) is 0 Å². The Morgan fingerprint density at radius 2 is 0.667 bits per heavy atom. The summed E-state index contributed by atoms with van der Waals surface area (Å²) in [6.45, 7) is 10.8. The number of nitrogens with zero attached hydrogens (tertiary/aromatic N) is 3. The first kappa shape index (κ1) is 45.9. The molecule has 0 unspecified atom stereocenters. The molecule has 12 nitrogen and oxygen atoms in total. The number of ether oxygens (including phenoxy) is 3. The van der Waals surface area contributed by atoms with Crippen LogP contribution in [0.2, 0.25) is 0 Å². The third kappa shape index (κ3) is 15.5. The van der Waals surface area contributed by atoms with Crippen molar-refractivity contribution < 1.29 is 26.8 Å². The van der Waals surface area contributed by atoms with E-state index in [9.17, 15) is 14.4 Å². The van der Waals surface area contributed by atoms with E-state index in [-0.39, 0.29) is 55.2 Å². The van der Waals surface area contributed by atoms with Crippen LogP contribution in [0.5, 0.6) is 0 Å². The molecule has 0 atom stereocenters. The van der Waals surface area contributed by atoms with Crippen LogP contribution in [0.25, 0.3) is 0 Å². The lowest BCUT2D eigenvalue weighted by molar-refractivity contribution is 0.218. The van der Waals surface area contributed by atoms with Crippen molar-refractivity contribution in [1.29, 1.82) is 0 Å². The topological polar surface area (TPSA) is 121 Å². The zero-order valence-corrected chi connectivity index (χ0v) is 37.4. The summed E-state index contributed by atoms with van der Waals surface area (Å²) >= 11 is 18.9. The van der Waals surface area contributed by atoms with Gasteiger partial charge in [0.2, 0.25) is 0 Å². The fourth-order valence-electron chi connectivity index (χ4n) is 5.88. The van der Waals surface area contributed by atoms with Crippen LogP contribution in [-0.4, -0.2) is 49.2 Å². The fourth-order valence-corrected chi connectivity index (χ4v) is 8.08. The molecular weight excluding hydrogens is 847 g/mol. The van der Waals surface area contributed by atoms with Crippen molar-refractivity contribution >= 4 is 88.5 Å². The second-order valence-electron chi connectivity index (χ2n) is 13.1. The van der Waals surface area contributed by atoms with E-state index in [1.165, 1.54) is 0 Å². The summed E-state index contributed by atoms with van der Waals surface area (Å²) in [5.74, 6) is 1.60. The van der Waals surface area contributed by atoms with E-state index in [1.807, 2.05) is 41.5 Å². The van der Waals surface area contributed by atoms with Crippen molar-refractivity contribution in [2.24, 2.45) is 0 Å². The number of benzene rings is 3. The van der Waals surface area contributed by atoms with Crippen LogP contribution in [0.1, 0.15) is 50.1 Å². The zero-order valence-electron chi connectivity index (χ0n) is 32.5. The molecule has 0 spiro atoms. The molecule has 0 radical (unpaired) electrons. The Bertz CT molecular complexity index is 1900. The van der Waals surface area contributed by atoms with Gasteiger partial charge in [-0.3, -0.25) is 0 Å². The Morgan fingerprint density at radius 1 is 0.439 bits per heavy atom. The molecule has 0 aliphatic carbocycles. The minimum atomic E-state index is -0.872. The summed E-state index contributed by atoms with van der Waals surface area (Å²) < 4.78 is 35.6. The molecule has 4 rings (SSSR count). The molecule has 18 heteroatoms. The Balaban J connectivity index is 1.36. The molecule has 3 aromatic carbocycles. The quantitative estimate of drug-likeness (QED) is 0.0723. The van der Waals surface area contributed by atoms with E-state index in [1.54, 1.807) is 0 Å². The first-order chi connectivity index (χ1) is 27.2. The van der Waals surface area contributed by atoms with Gasteiger partial charge in [0.25, 0.3) is 0 Å². The Labute approximate surface area is 361 Å². The normalized spacial score (nSPS) is 10.8. The van der Waals surface area contributed by atoms with Crippen LogP contribution in [0.4, 0.5) is 0 Å². The van der Waals surface area contributed by atoms with Crippen LogP contribution in [0.15, 0.2) is 69.0 Å². The summed E-state index contributed by atoms with van der Waals surface area (Å²) in [5.41, 5.74) is 7.40. The summed E-state index contributed by atoms with van der Waals surface area (Å²) in [6, 6.07) is 18.6. The third-order valence-electron chi connectivity index (χ3n) is 7.89. The van der Waals surface area contributed by atoms with Crippen LogP contribution >= 0.6 is 72.8 Å². The molecule has 0 saturated heterocycles. The van der Waals surface area contributed by atoms with Gasteiger partial charge in [-0.05, 0) is 58.2 Å². The van der Waals surface area contributed by atoms with Crippen molar-refractivity contribution in [1.82, 2.24) is 13.7 Å². The molecule has 0 bridgehead atoms. The van der Waals surface area contributed by atoms with Gasteiger partial charge in [-0.25, -0.2) is 28.1 Å². The molecule has 1 aromatic heterocycles. The SMILES string of the molecule is Cc1cc(C)cc(CSOC(=S)OCCn2c(=O)n(CCOC(=S)OSCc3cc(C)cc(C)c3)c(=O)n(CCOC(=S)OSCc3cc(C)cc(C)c3)c2=O)c1. The second kappa shape index (κ2) is 23.0. The highest BCUT2D eigenvalue weighted by atomic mass is 32.2. The molecule has 4 aromatic rings. The molecule has 0 fully saturated rings. The van der Waals surface area contributed by atoms with Crippen LogP contribution in [-0.2, 0) is 63.7 Å². The van der Waals surface area contributed by atoms with Crippen LogP contribution < -0.4 is 17.1 Å². The molecule has 0 amide bonds. The fraction of sp³-hybridized carbons (Fsp3) is 0.385. The minimum Gasteiger partial charge on any atom is -0.454 e. The Kier molecular flexibility index (Phi) is 18.5. The lowest BCUT2D eigenvalue weighted by Crippen LogP contribution is -2.55. The van der Waals surface area contributed by atoms with Gasteiger partial charge < -0.3 is 26.8 Å². The molecule has 0 saturated carbocycles. The summed E-state index contributed by atoms with van der Waals surface area (Å²) in [5, 5.41) is -0.498. The van der Waals surface area contributed by atoms with Crippen molar-refractivity contribution in [2.75, 3.05) is 19.8 Å². The van der Waals surface area contributed by atoms with E-state index < -0.39 is 17.1 Å². The maximum absolute atomic E-state index is 13.5. The standard InChI is InChI=1S/C39H45N3O9S6/c1-25-13-26(2)17-31(16-25)22-55-49-37(52)46-10-7-40-34(43)41(8-11-47-38(53)50-56-23-32-18-27(3)14-28(4)19-32)36(45)42(35(40)44)9-12-48-39(54)51-57-24-33-20-29(5)15-30(6)21-33/h13-21H,7-12,22-24H2,1-6H3. The summed E-state index contributed by atoms with van der Waals surface area (Å²) in [6.07, 6.45) is 0. The van der Waals surface area contributed by atoms with E-state index in [4.69, 9.17) is 63.4 Å². The van der Waals surface area contributed by atoms with Gasteiger partial charge in [-0.1, -0.05) is 88.0 Å². The number of hydrogen-bond donors (Lipinski definition) is 0. The van der Waals surface area contributed by atoms with Gasteiger partial charge in [-0.15, -0.1) is 0 Å². The van der Waals surface area contributed by atoms with Gasteiger partial charge in [0.1, 0.15) is 19.8 Å². The lowest BCUT2D eigenvalue weighted by Gasteiger charge is -2.15. The average molecular weight is 892 g/mol. The molecule has 1 heterocycles. The highest BCUT2D eigenvalue weighted by Gasteiger charge is 2.17. The number of thiocarbonyl (C=S) groups is 3. The van der Waals surface area contributed by atoms with Crippen LogP contribution in [0, 0.1) is 41.5 Å². The summed E-state index contributed by atoms with van der Waals surface area (Å²) in [4.78, 5) is 40.6. The smallest absolute Gasteiger partial charge is 0.364 e.